The Kier molecular flexibility index (Phi) is 9.63. The standard InChI is InChI=1S/C35H43F2N5O3/c1-45-18-14-38-28-11-15-42(32(20-28)29-19-27(36)9-10-30(29)37)34(44)40-16-17-41(35(24-40)12-5-6-13-35)23-26-22-39-31(21-33(26)43)25-7-3-2-4-8-25/h2-4,7-10,19,21-22,28,32,38H,5-6,11-18,20,23-24H2,1H3,(H,39,43)/t28-,32+/m1/s1. The molecule has 6 rings (SSSR count). The number of pyridine rings is 1. The SMILES string of the molecule is COCCN[C@@H]1CCN(C(=O)N2CCN(Cc3c[nH]c(-c4ccccc4)cc3=O)C3(CCCC3)C2)[C@H](c2cc(F)ccc2F)C1. The highest BCUT2D eigenvalue weighted by molar-refractivity contribution is 5.75. The molecule has 2 saturated heterocycles. The van der Waals surface area contributed by atoms with E-state index in [0.29, 0.717) is 57.9 Å². The average Bonchev–Trinajstić information content (AvgIpc) is 3.52. The average molecular weight is 620 g/mol. The van der Waals surface area contributed by atoms with Gasteiger partial charge in [0.25, 0.3) is 0 Å². The number of halogens is 2. The molecule has 1 aliphatic carbocycles. The lowest BCUT2D eigenvalue weighted by atomic mass is 9.90. The molecule has 1 saturated carbocycles. The van der Waals surface area contributed by atoms with Crippen molar-refractivity contribution in [3.8, 4) is 11.3 Å². The van der Waals surface area contributed by atoms with E-state index in [4.69, 9.17) is 4.74 Å². The molecule has 0 radical (unpaired) electrons. The van der Waals surface area contributed by atoms with Crippen molar-refractivity contribution in [2.75, 3.05) is 46.4 Å². The number of H-pyrrole nitrogens is 1. The van der Waals surface area contributed by atoms with Crippen LogP contribution in [0.15, 0.2) is 65.6 Å². The maximum atomic E-state index is 15.1. The highest BCUT2D eigenvalue weighted by Gasteiger charge is 2.46. The Hall–Kier alpha value is -3.60. The van der Waals surface area contributed by atoms with Crippen molar-refractivity contribution in [3.63, 3.8) is 0 Å². The van der Waals surface area contributed by atoms with E-state index in [0.717, 1.165) is 55.5 Å². The zero-order chi connectivity index (χ0) is 31.4. The molecule has 3 heterocycles. The fraction of sp³-hybridized carbons (Fsp3) is 0.486. The molecule has 3 fully saturated rings. The molecule has 3 aliphatic rings. The second-order valence-corrected chi connectivity index (χ2v) is 12.7. The van der Waals surface area contributed by atoms with Crippen LogP contribution in [0.5, 0.6) is 0 Å². The molecular formula is C35H43F2N5O3. The number of ether oxygens (including phenoxy) is 1. The second-order valence-electron chi connectivity index (χ2n) is 12.7. The summed E-state index contributed by atoms with van der Waals surface area (Å²) in [5.41, 5.74) is 2.46. The lowest BCUT2D eigenvalue weighted by molar-refractivity contribution is -0.00253. The molecule has 8 nitrogen and oxygen atoms in total. The number of rotatable bonds is 8. The first-order valence-electron chi connectivity index (χ1n) is 16.1. The van der Waals surface area contributed by atoms with Crippen LogP contribution < -0.4 is 10.7 Å². The van der Waals surface area contributed by atoms with Gasteiger partial charge in [-0.15, -0.1) is 0 Å². The Bertz CT molecular complexity index is 1530. The molecule has 10 heteroatoms. The Morgan fingerprint density at radius 1 is 1.07 bits per heavy atom. The molecule has 240 valence electrons. The van der Waals surface area contributed by atoms with Crippen molar-refractivity contribution in [3.05, 3.63) is 93.8 Å². The maximum Gasteiger partial charge on any atom is 0.320 e. The van der Waals surface area contributed by atoms with Gasteiger partial charge in [-0.1, -0.05) is 43.2 Å². The number of piperidine rings is 1. The minimum absolute atomic E-state index is 0.00111. The topological polar surface area (TPSA) is 80.9 Å². The van der Waals surface area contributed by atoms with Crippen LogP contribution in [0, 0.1) is 11.6 Å². The predicted octanol–water partition coefficient (Wildman–Crippen LogP) is 5.31. The third-order valence-electron chi connectivity index (χ3n) is 9.94. The minimum atomic E-state index is -0.582. The van der Waals surface area contributed by atoms with Crippen molar-refractivity contribution in [2.45, 2.75) is 62.7 Å². The molecule has 2 aliphatic heterocycles. The zero-order valence-electron chi connectivity index (χ0n) is 25.9. The lowest BCUT2D eigenvalue weighted by Crippen LogP contribution is -2.64. The number of benzene rings is 2. The fourth-order valence-electron chi connectivity index (χ4n) is 7.54. The molecule has 2 atom stereocenters. The van der Waals surface area contributed by atoms with Crippen LogP contribution in [-0.4, -0.2) is 83.7 Å². The number of amides is 2. The molecule has 2 N–H and O–H groups in total. The molecule has 3 aromatic rings. The number of aromatic amines is 1. The number of hydrogen-bond acceptors (Lipinski definition) is 5. The van der Waals surface area contributed by atoms with Crippen molar-refractivity contribution >= 4 is 6.03 Å². The van der Waals surface area contributed by atoms with Crippen molar-refractivity contribution in [2.24, 2.45) is 0 Å². The number of methoxy groups -OCH3 is 1. The summed E-state index contributed by atoms with van der Waals surface area (Å²) in [7, 11) is 1.64. The number of nitrogens with zero attached hydrogens (tertiary/aromatic N) is 3. The van der Waals surface area contributed by atoms with E-state index in [-0.39, 0.29) is 28.6 Å². The third-order valence-corrected chi connectivity index (χ3v) is 9.94. The smallest absolute Gasteiger partial charge is 0.320 e. The number of carbonyl (C=O) groups excluding carboxylic acids is 1. The highest BCUT2D eigenvalue weighted by atomic mass is 19.1. The first-order valence-corrected chi connectivity index (χ1v) is 16.1. The van der Waals surface area contributed by atoms with Gasteiger partial charge in [0.1, 0.15) is 11.6 Å². The molecule has 2 aromatic carbocycles. The summed E-state index contributed by atoms with van der Waals surface area (Å²) in [6.45, 7) is 3.85. The van der Waals surface area contributed by atoms with Gasteiger partial charge >= 0.3 is 6.03 Å². The summed E-state index contributed by atoms with van der Waals surface area (Å²) < 4.78 is 34.6. The molecule has 1 spiro atoms. The van der Waals surface area contributed by atoms with Gasteiger partial charge < -0.3 is 24.8 Å². The van der Waals surface area contributed by atoms with Gasteiger partial charge in [-0.05, 0) is 49.4 Å². The van der Waals surface area contributed by atoms with E-state index in [2.05, 4.69) is 15.2 Å². The predicted molar refractivity (Wildman–Crippen MR) is 170 cm³/mol. The number of piperazine rings is 1. The van der Waals surface area contributed by atoms with Crippen LogP contribution in [0.4, 0.5) is 13.6 Å². The normalized spacial score (nSPS) is 21.8. The van der Waals surface area contributed by atoms with E-state index in [9.17, 15) is 14.0 Å². The molecule has 45 heavy (non-hydrogen) atoms. The van der Waals surface area contributed by atoms with E-state index >= 15 is 4.39 Å². The number of nitrogens with one attached hydrogen (secondary N) is 2. The van der Waals surface area contributed by atoms with Crippen LogP contribution in [0.1, 0.15) is 55.7 Å². The molecule has 1 aromatic heterocycles. The Morgan fingerprint density at radius 3 is 2.62 bits per heavy atom. The van der Waals surface area contributed by atoms with Gasteiger partial charge in [0.2, 0.25) is 0 Å². The Morgan fingerprint density at radius 2 is 1.87 bits per heavy atom. The van der Waals surface area contributed by atoms with Crippen molar-refractivity contribution < 1.29 is 18.3 Å². The summed E-state index contributed by atoms with van der Waals surface area (Å²) in [5, 5.41) is 3.45. The third kappa shape index (κ3) is 6.83. The number of urea groups is 1. The van der Waals surface area contributed by atoms with Gasteiger partial charge in [-0.3, -0.25) is 9.69 Å². The van der Waals surface area contributed by atoms with Gasteiger partial charge in [0.15, 0.2) is 5.43 Å². The number of hydrogen-bond donors (Lipinski definition) is 2. The van der Waals surface area contributed by atoms with Crippen LogP contribution in [0.25, 0.3) is 11.3 Å². The fourth-order valence-corrected chi connectivity index (χ4v) is 7.54. The molecule has 0 unspecified atom stereocenters. The van der Waals surface area contributed by atoms with E-state index < -0.39 is 17.7 Å². The van der Waals surface area contributed by atoms with E-state index in [1.165, 1.54) is 6.07 Å². The van der Waals surface area contributed by atoms with Crippen LogP contribution >= 0.6 is 0 Å². The van der Waals surface area contributed by atoms with Crippen molar-refractivity contribution in [1.82, 2.24) is 25.0 Å². The molecular weight excluding hydrogens is 576 g/mol. The quantitative estimate of drug-likeness (QED) is 0.334. The largest absolute Gasteiger partial charge is 0.383 e. The van der Waals surface area contributed by atoms with E-state index in [1.54, 1.807) is 18.1 Å². The monoisotopic (exact) mass is 619 g/mol. The van der Waals surface area contributed by atoms with Gasteiger partial charge in [0, 0.05) is 87.0 Å². The minimum Gasteiger partial charge on any atom is -0.383 e. The van der Waals surface area contributed by atoms with Crippen LogP contribution in [0.2, 0.25) is 0 Å². The molecule has 2 amide bonds. The second kappa shape index (κ2) is 13.8. The Balaban J connectivity index is 1.19. The summed E-state index contributed by atoms with van der Waals surface area (Å²) >= 11 is 0. The highest BCUT2D eigenvalue weighted by Crippen LogP contribution is 2.40. The number of likely N-dealkylation sites (tertiary alicyclic amines) is 1. The number of carbonyl (C=O) groups is 1. The van der Waals surface area contributed by atoms with Crippen LogP contribution in [-0.2, 0) is 11.3 Å². The summed E-state index contributed by atoms with van der Waals surface area (Å²) in [4.78, 5) is 36.8. The molecule has 0 bridgehead atoms. The Labute approximate surface area is 263 Å². The summed E-state index contributed by atoms with van der Waals surface area (Å²) in [6.07, 6.45) is 7.07. The summed E-state index contributed by atoms with van der Waals surface area (Å²) in [5.74, 6) is -1.02. The summed E-state index contributed by atoms with van der Waals surface area (Å²) in [6, 6.07) is 14.3. The maximum absolute atomic E-state index is 15.1. The first-order chi connectivity index (χ1) is 21.9. The van der Waals surface area contributed by atoms with Crippen molar-refractivity contribution in [1.29, 1.82) is 0 Å². The lowest BCUT2D eigenvalue weighted by Gasteiger charge is -2.51. The van der Waals surface area contributed by atoms with Gasteiger partial charge in [0.05, 0.1) is 12.6 Å². The number of aromatic nitrogens is 1. The van der Waals surface area contributed by atoms with Gasteiger partial charge in [-0.25, -0.2) is 13.6 Å². The van der Waals surface area contributed by atoms with E-state index in [1.807, 2.05) is 41.4 Å². The van der Waals surface area contributed by atoms with Crippen LogP contribution in [0.3, 0.4) is 0 Å². The van der Waals surface area contributed by atoms with Gasteiger partial charge in [-0.2, -0.15) is 0 Å². The first kappa shape index (κ1) is 31.4. The zero-order valence-corrected chi connectivity index (χ0v) is 25.9.